The van der Waals surface area contributed by atoms with Crippen molar-refractivity contribution in [2.24, 2.45) is 0 Å². The van der Waals surface area contributed by atoms with Crippen LogP contribution in [0.5, 0.6) is 0 Å². The number of hydrogen-bond donors (Lipinski definition) is 0. The Hall–Kier alpha value is -2.99. The van der Waals surface area contributed by atoms with E-state index in [0.29, 0.717) is 29.1 Å². The normalized spacial score (nSPS) is 14.1. The van der Waals surface area contributed by atoms with Crippen LogP contribution >= 0.6 is 11.3 Å². The fraction of sp³-hybridized carbons (Fsp3) is 0.217. The van der Waals surface area contributed by atoms with Crippen molar-refractivity contribution >= 4 is 28.7 Å². The lowest BCUT2D eigenvalue weighted by Crippen LogP contribution is -2.48. The van der Waals surface area contributed by atoms with Crippen molar-refractivity contribution in [3.05, 3.63) is 76.9 Å². The van der Waals surface area contributed by atoms with Gasteiger partial charge in [0.25, 0.3) is 5.91 Å². The zero-order chi connectivity index (χ0) is 20.4. The Bertz CT molecular complexity index is 1040. The van der Waals surface area contributed by atoms with Gasteiger partial charge in [-0.15, -0.1) is 11.3 Å². The van der Waals surface area contributed by atoms with Gasteiger partial charge in [0.15, 0.2) is 5.78 Å². The summed E-state index contributed by atoms with van der Waals surface area (Å²) in [5.41, 5.74) is 2.28. The molecule has 4 rings (SSSR count). The predicted octanol–water partition coefficient (Wildman–Crippen LogP) is 4.72. The maximum atomic E-state index is 14.0. The van der Waals surface area contributed by atoms with Crippen molar-refractivity contribution in [2.45, 2.75) is 6.92 Å². The molecule has 1 aliphatic rings. The summed E-state index contributed by atoms with van der Waals surface area (Å²) in [5.74, 6) is -0.236. The molecule has 0 aliphatic carbocycles. The standard InChI is InChI=1S/C23H21FN2O2S/c1-16(27)17-6-8-18(9-7-17)25-12-14-26(15-13-25)23(28)22-11-10-21(29-22)19-4-2-3-5-20(19)24/h2-11H,12-15H2,1H3. The molecule has 0 saturated carbocycles. The summed E-state index contributed by atoms with van der Waals surface area (Å²) in [5, 5.41) is 0. The maximum absolute atomic E-state index is 14.0. The first-order chi connectivity index (χ1) is 14.0. The van der Waals surface area contributed by atoms with Crippen LogP contribution in [0.3, 0.4) is 0 Å². The number of halogens is 1. The van der Waals surface area contributed by atoms with Gasteiger partial charge in [-0.3, -0.25) is 9.59 Å². The molecule has 2 heterocycles. The summed E-state index contributed by atoms with van der Waals surface area (Å²) in [6, 6.07) is 17.8. The Morgan fingerprint density at radius 1 is 0.897 bits per heavy atom. The van der Waals surface area contributed by atoms with E-state index < -0.39 is 0 Å². The van der Waals surface area contributed by atoms with Gasteiger partial charge in [0.1, 0.15) is 5.82 Å². The Morgan fingerprint density at radius 3 is 2.24 bits per heavy atom. The van der Waals surface area contributed by atoms with Crippen LogP contribution in [0.4, 0.5) is 10.1 Å². The van der Waals surface area contributed by atoms with Crippen LogP contribution < -0.4 is 4.90 Å². The van der Waals surface area contributed by atoms with Crippen LogP contribution in [0.25, 0.3) is 10.4 Å². The number of hydrogen-bond acceptors (Lipinski definition) is 4. The van der Waals surface area contributed by atoms with Gasteiger partial charge in [0.05, 0.1) is 4.88 Å². The SMILES string of the molecule is CC(=O)c1ccc(N2CCN(C(=O)c3ccc(-c4ccccc4F)s3)CC2)cc1. The third kappa shape index (κ3) is 4.07. The van der Waals surface area contributed by atoms with Crippen LogP contribution in [-0.4, -0.2) is 42.8 Å². The van der Waals surface area contributed by atoms with Gasteiger partial charge >= 0.3 is 0 Å². The van der Waals surface area contributed by atoms with Crippen LogP contribution in [0, 0.1) is 5.82 Å². The summed E-state index contributed by atoms with van der Waals surface area (Å²) >= 11 is 1.33. The number of piperazine rings is 1. The van der Waals surface area contributed by atoms with E-state index >= 15 is 0 Å². The van der Waals surface area contributed by atoms with Gasteiger partial charge in [0, 0.05) is 47.9 Å². The molecule has 1 aliphatic heterocycles. The van der Waals surface area contributed by atoms with E-state index in [9.17, 15) is 14.0 Å². The maximum Gasteiger partial charge on any atom is 0.264 e. The zero-order valence-electron chi connectivity index (χ0n) is 16.1. The molecule has 4 nitrogen and oxygen atoms in total. The molecule has 6 heteroatoms. The Labute approximate surface area is 173 Å². The first-order valence-electron chi connectivity index (χ1n) is 9.53. The van der Waals surface area contributed by atoms with Gasteiger partial charge in [-0.05, 0) is 49.4 Å². The first kappa shape index (κ1) is 19.3. The molecule has 0 bridgehead atoms. The topological polar surface area (TPSA) is 40.6 Å². The number of carbonyl (C=O) groups is 2. The smallest absolute Gasteiger partial charge is 0.264 e. The molecule has 1 amide bonds. The predicted molar refractivity (Wildman–Crippen MR) is 114 cm³/mol. The number of nitrogens with zero attached hydrogens (tertiary/aromatic N) is 2. The fourth-order valence-electron chi connectivity index (χ4n) is 3.49. The quantitative estimate of drug-likeness (QED) is 0.587. The Morgan fingerprint density at radius 2 is 1.59 bits per heavy atom. The summed E-state index contributed by atoms with van der Waals surface area (Å²) in [7, 11) is 0. The van der Waals surface area contributed by atoms with E-state index in [4.69, 9.17) is 0 Å². The van der Waals surface area contributed by atoms with Crippen molar-refractivity contribution < 1.29 is 14.0 Å². The second kappa shape index (κ2) is 8.17. The molecule has 0 radical (unpaired) electrons. The third-order valence-corrected chi connectivity index (χ3v) is 6.27. The fourth-order valence-corrected chi connectivity index (χ4v) is 4.49. The molecule has 2 aromatic carbocycles. The second-order valence-corrected chi connectivity index (χ2v) is 8.11. The molecule has 1 saturated heterocycles. The lowest BCUT2D eigenvalue weighted by atomic mass is 10.1. The largest absolute Gasteiger partial charge is 0.368 e. The summed E-state index contributed by atoms with van der Waals surface area (Å²) < 4.78 is 14.0. The molecule has 1 fully saturated rings. The van der Waals surface area contributed by atoms with Gasteiger partial charge < -0.3 is 9.80 Å². The summed E-state index contributed by atoms with van der Waals surface area (Å²) in [6.45, 7) is 4.27. The minimum Gasteiger partial charge on any atom is -0.368 e. The second-order valence-electron chi connectivity index (χ2n) is 7.03. The molecule has 0 unspecified atom stereocenters. The first-order valence-corrected chi connectivity index (χ1v) is 10.3. The van der Waals surface area contributed by atoms with E-state index in [0.717, 1.165) is 23.7 Å². The van der Waals surface area contributed by atoms with Crippen molar-refractivity contribution in [2.75, 3.05) is 31.1 Å². The summed E-state index contributed by atoms with van der Waals surface area (Å²) in [4.78, 5) is 29.7. The van der Waals surface area contributed by atoms with Crippen molar-refractivity contribution in [1.29, 1.82) is 0 Å². The van der Waals surface area contributed by atoms with Crippen LogP contribution in [-0.2, 0) is 0 Å². The minimum atomic E-state index is -0.280. The highest BCUT2D eigenvalue weighted by atomic mass is 32.1. The number of thiophene rings is 1. The molecule has 0 spiro atoms. The minimum absolute atomic E-state index is 0.0100. The van der Waals surface area contributed by atoms with E-state index in [1.54, 1.807) is 31.2 Å². The van der Waals surface area contributed by atoms with Crippen LogP contribution in [0.1, 0.15) is 27.0 Å². The molecule has 0 atom stereocenters. The molecule has 1 aromatic heterocycles. The lowest BCUT2D eigenvalue weighted by Gasteiger charge is -2.36. The highest BCUT2D eigenvalue weighted by molar-refractivity contribution is 7.17. The molecular formula is C23H21FN2O2S. The Balaban J connectivity index is 1.40. The highest BCUT2D eigenvalue weighted by Gasteiger charge is 2.24. The number of benzene rings is 2. The Kier molecular flexibility index (Phi) is 5.45. The third-order valence-electron chi connectivity index (χ3n) is 5.16. The molecule has 29 heavy (non-hydrogen) atoms. The highest BCUT2D eigenvalue weighted by Crippen LogP contribution is 2.31. The average molecular weight is 408 g/mol. The lowest BCUT2D eigenvalue weighted by molar-refractivity contribution is 0.0751. The van der Waals surface area contributed by atoms with Crippen molar-refractivity contribution in [1.82, 2.24) is 4.90 Å². The number of carbonyl (C=O) groups excluding carboxylic acids is 2. The molecule has 3 aromatic rings. The van der Waals surface area contributed by atoms with Gasteiger partial charge in [-0.1, -0.05) is 18.2 Å². The van der Waals surface area contributed by atoms with Crippen molar-refractivity contribution in [3.63, 3.8) is 0 Å². The van der Waals surface area contributed by atoms with Crippen molar-refractivity contribution in [3.8, 4) is 10.4 Å². The van der Waals surface area contributed by atoms with E-state index in [-0.39, 0.29) is 17.5 Å². The van der Waals surface area contributed by atoms with Crippen LogP contribution in [0.15, 0.2) is 60.7 Å². The van der Waals surface area contributed by atoms with E-state index in [1.807, 2.05) is 35.2 Å². The summed E-state index contributed by atoms with van der Waals surface area (Å²) in [6.07, 6.45) is 0. The monoisotopic (exact) mass is 408 g/mol. The number of anilines is 1. The number of ketones is 1. The van der Waals surface area contributed by atoms with E-state index in [2.05, 4.69) is 4.90 Å². The van der Waals surface area contributed by atoms with Crippen LogP contribution in [0.2, 0.25) is 0 Å². The van der Waals surface area contributed by atoms with E-state index in [1.165, 1.54) is 17.4 Å². The molecule has 148 valence electrons. The molecule has 0 N–H and O–H groups in total. The average Bonchev–Trinajstić information content (AvgIpc) is 3.24. The number of rotatable bonds is 4. The van der Waals surface area contributed by atoms with Gasteiger partial charge in [-0.2, -0.15) is 0 Å². The molecular weight excluding hydrogens is 387 g/mol. The number of Topliss-reactive ketones (excluding diaryl/α,β-unsaturated/α-hetero) is 1. The number of amides is 1. The van der Waals surface area contributed by atoms with Gasteiger partial charge in [-0.25, -0.2) is 4.39 Å². The van der Waals surface area contributed by atoms with Gasteiger partial charge in [0.2, 0.25) is 0 Å². The zero-order valence-corrected chi connectivity index (χ0v) is 16.9.